The number of fused-ring (bicyclic) bond motifs is 1. The van der Waals surface area contributed by atoms with Gasteiger partial charge in [-0.05, 0) is 44.4 Å². The molecule has 0 aromatic heterocycles. The molecule has 0 saturated carbocycles. The molecule has 1 aromatic rings. The Morgan fingerprint density at radius 1 is 1.25 bits per heavy atom. The van der Waals surface area contributed by atoms with Gasteiger partial charge in [0.2, 0.25) is 5.91 Å². The van der Waals surface area contributed by atoms with Gasteiger partial charge in [0.1, 0.15) is 0 Å². The van der Waals surface area contributed by atoms with E-state index in [4.69, 9.17) is 0 Å². The Kier molecular flexibility index (Phi) is 4.55. The van der Waals surface area contributed by atoms with Gasteiger partial charge in [0.15, 0.2) is 0 Å². The fourth-order valence-corrected chi connectivity index (χ4v) is 3.37. The van der Waals surface area contributed by atoms with Crippen molar-refractivity contribution in [3.8, 4) is 0 Å². The maximum absolute atomic E-state index is 12.8. The molecule has 0 radical (unpaired) electrons. The van der Waals surface area contributed by atoms with E-state index in [1.165, 1.54) is 0 Å². The first-order chi connectivity index (χ1) is 11.5. The Balaban J connectivity index is 1.66. The van der Waals surface area contributed by atoms with Crippen molar-refractivity contribution in [2.24, 2.45) is 5.92 Å². The maximum atomic E-state index is 12.8. The molecule has 1 fully saturated rings. The molecule has 1 saturated heterocycles. The van der Waals surface area contributed by atoms with E-state index < -0.39 is 0 Å². The molecule has 2 heterocycles. The SMILES string of the molecule is CC(C)NC(=O)C1CCN(C(=O)c2cccc3c2CNC3=O)CC1. The Bertz CT molecular complexity index is 676. The van der Waals surface area contributed by atoms with Crippen LogP contribution in [0.4, 0.5) is 0 Å². The molecule has 6 nitrogen and oxygen atoms in total. The Hall–Kier alpha value is -2.37. The molecule has 2 aliphatic heterocycles. The Morgan fingerprint density at radius 3 is 2.62 bits per heavy atom. The van der Waals surface area contributed by atoms with E-state index in [2.05, 4.69) is 10.6 Å². The summed E-state index contributed by atoms with van der Waals surface area (Å²) >= 11 is 0. The topological polar surface area (TPSA) is 78.5 Å². The standard InChI is InChI=1S/C18H23N3O3/c1-11(2)20-16(22)12-6-8-21(9-7-12)18(24)14-5-3-4-13-15(14)10-19-17(13)23/h3-5,11-12H,6-10H2,1-2H3,(H,19,23)(H,20,22). The smallest absolute Gasteiger partial charge is 0.254 e. The van der Waals surface area contributed by atoms with Crippen LogP contribution in [0.25, 0.3) is 0 Å². The molecule has 128 valence electrons. The first-order valence-electron chi connectivity index (χ1n) is 8.47. The second-order valence-corrected chi connectivity index (χ2v) is 6.74. The summed E-state index contributed by atoms with van der Waals surface area (Å²) in [5.41, 5.74) is 1.97. The lowest BCUT2D eigenvalue weighted by molar-refractivity contribution is -0.126. The minimum atomic E-state index is -0.122. The van der Waals surface area contributed by atoms with E-state index >= 15 is 0 Å². The van der Waals surface area contributed by atoms with Crippen molar-refractivity contribution < 1.29 is 14.4 Å². The van der Waals surface area contributed by atoms with Crippen LogP contribution in [-0.4, -0.2) is 41.8 Å². The van der Waals surface area contributed by atoms with Gasteiger partial charge < -0.3 is 15.5 Å². The van der Waals surface area contributed by atoms with Crippen molar-refractivity contribution in [1.29, 1.82) is 0 Å². The van der Waals surface area contributed by atoms with Crippen LogP contribution < -0.4 is 10.6 Å². The second-order valence-electron chi connectivity index (χ2n) is 6.74. The van der Waals surface area contributed by atoms with Crippen LogP contribution in [0.1, 0.15) is 53.0 Å². The fourth-order valence-electron chi connectivity index (χ4n) is 3.37. The molecule has 0 bridgehead atoms. The summed E-state index contributed by atoms with van der Waals surface area (Å²) in [6, 6.07) is 5.41. The van der Waals surface area contributed by atoms with E-state index in [-0.39, 0.29) is 29.7 Å². The highest BCUT2D eigenvalue weighted by Gasteiger charge is 2.30. The van der Waals surface area contributed by atoms with E-state index in [0.29, 0.717) is 43.6 Å². The monoisotopic (exact) mass is 329 g/mol. The summed E-state index contributed by atoms with van der Waals surface area (Å²) in [5.74, 6) is -0.122. The predicted molar refractivity (Wildman–Crippen MR) is 89.5 cm³/mol. The van der Waals surface area contributed by atoms with Crippen molar-refractivity contribution in [3.05, 3.63) is 34.9 Å². The van der Waals surface area contributed by atoms with Gasteiger partial charge in [0.05, 0.1) is 0 Å². The van der Waals surface area contributed by atoms with Crippen LogP contribution in [0.2, 0.25) is 0 Å². The zero-order valence-corrected chi connectivity index (χ0v) is 14.1. The number of benzene rings is 1. The number of nitrogens with one attached hydrogen (secondary N) is 2. The van der Waals surface area contributed by atoms with Gasteiger partial charge in [-0.3, -0.25) is 14.4 Å². The Morgan fingerprint density at radius 2 is 1.96 bits per heavy atom. The maximum Gasteiger partial charge on any atom is 0.254 e. The van der Waals surface area contributed by atoms with Crippen LogP contribution in [-0.2, 0) is 11.3 Å². The minimum Gasteiger partial charge on any atom is -0.354 e. The van der Waals surface area contributed by atoms with Gasteiger partial charge in [0.25, 0.3) is 11.8 Å². The lowest BCUT2D eigenvalue weighted by Gasteiger charge is -2.32. The van der Waals surface area contributed by atoms with Crippen LogP contribution >= 0.6 is 0 Å². The summed E-state index contributed by atoms with van der Waals surface area (Å²) in [6.45, 7) is 5.44. The molecular formula is C18H23N3O3. The van der Waals surface area contributed by atoms with Gasteiger partial charge >= 0.3 is 0 Å². The van der Waals surface area contributed by atoms with Crippen molar-refractivity contribution in [2.45, 2.75) is 39.3 Å². The predicted octanol–water partition coefficient (Wildman–Crippen LogP) is 1.31. The summed E-state index contributed by atoms with van der Waals surface area (Å²) in [4.78, 5) is 38.4. The number of hydrogen-bond donors (Lipinski definition) is 2. The molecule has 2 N–H and O–H groups in total. The van der Waals surface area contributed by atoms with Gasteiger partial charge in [-0.1, -0.05) is 6.07 Å². The lowest BCUT2D eigenvalue weighted by atomic mass is 9.94. The van der Waals surface area contributed by atoms with Gasteiger partial charge in [-0.25, -0.2) is 0 Å². The first kappa shape index (κ1) is 16.5. The molecule has 0 atom stereocenters. The fraction of sp³-hybridized carbons (Fsp3) is 0.500. The third-order valence-electron chi connectivity index (χ3n) is 4.66. The molecule has 0 aliphatic carbocycles. The third-order valence-corrected chi connectivity index (χ3v) is 4.66. The number of hydrogen-bond acceptors (Lipinski definition) is 3. The number of nitrogens with zero attached hydrogens (tertiary/aromatic N) is 1. The number of piperidine rings is 1. The van der Waals surface area contributed by atoms with Gasteiger partial charge in [-0.2, -0.15) is 0 Å². The Labute approximate surface area is 141 Å². The number of carbonyl (C=O) groups excluding carboxylic acids is 3. The second kappa shape index (κ2) is 6.63. The lowest BCUT2D eigenvalue weighted by Crippen LogP contribution is -2.44. The van der Waals surface area contributed by atoms with Crippen molar-refractivity contribution in [2.75, 3.05) is 13.1 Å². The van der Waals surface area contributed by atoms with Gasteiger partial charge in [0, 0.05) is 42.7 Å². The molecule has 0 spiro atoms. The van der Waals surface area contributed by atoms with E-state index in [1.54, 1.807) is 23.1 Å². The number of rotatable bonds is 3. The average Bonchev–Trinajstić information content (AvgIpc) is 2.95. The third kappa shape index (κ3) is 3.13. The van der Waals surface area contributed by atoms with Crippen molar-refractivity contribution in [3.63, 3.8) is 0 Å². The molecule has 3 amide bonds. The van der Waals surface area contributed by atoms with Crippen LogP contribution in [0, 0.1) is 5.92 Å². The highest BCUT2D eigenvalue weighted by Crippen LogP contribution is 2.24. The van der Waals surface area contributed by atoms with Gasteiger partial charge in [-0.15, -0.1) is 0 Å². The normalized spacial score (nSPS) is 17.6. The van der Waals surface area contributed by atoms with E-state index in [0.717, 1.165) is 5.56 Å². The molecule has 6 heteroatoms. The summed E-state index contributed by atoms with van der Waals surface area (Å²) in [6.07, 6.45) is 1.35. The highest BCUT2D eigenvalue weighted by atomic mass is 16.2. The highest BCUT2D eigenvalue weighted by molar-refractivity contribution is 6.04. The molecule has 1 aromatic carbocycles. The van der Waals surface area contributed by atoms with Crippen LogP contribution in [0.3, 0.4) is 0 Å². The zero-order valence-electron chi connectivity index (χ0n) is 14.1. The molecule has 0 unspecified atom stereocenters. The minimum absolute atomic E-state index is 0.0267. The summed E-state index contributed by atoms with van der Waals surface area (Å²) in [5, 5.41) is 5.70. The number of likely N-dealkylation sites (tertiary alicyclic amines) is 1. The number of amides is 3. The molecular weight excluding hydrogens is 306 g/mol. The number of carbonyl (C=O) groups is 3. The van der Waals surface area contributed by atoms with Crippen molar-refractivity contribution >= 4 is 17.7 Å². The largest absolute Gasteiger partial charge is 0.354 e. The summed E-state index contributed by atoms with van der Waals surface area (Å²) < 4.78 is 0. The summed E-state index contributed by atoms with van der Waals surface area (Å²) in [7, 11) is 0. The quantitative estimate of drug-likeness (QED) is 0.877. The molecule has 24 heavy (non-hydrogen) atoms. The first-order valence-corrected chi connectivity index (χ1v) is 8.47. The van der Waals surface area contributed by atoms with Crippen LogP contribution in [0.5, 0.6) is 0 Å². The zero-order chi connectivity index (χ0) is 17.3. The molecule has 3 rings (SSSR count). The average molecular weight is 329 g/mol. The van der Waals surface area contributed by atoms with E-state index in [1.807, 2.05) is 13.8 Å². The molecule has 2 aliphatic rings. The van der Waals surface area contributed by atoms with Crippen LogP contribution in [0.15, 0.2) is 18.2 Å². The van der Waals surface area contributed by atoms with Crippen molar-refractivity contribution in [1.82, 2.24) is 15.5 Å². The van der Waals surface area contributed by atoms with E-state index in [9.17, 15) is 14.4 Å².